The highest BCUT2D eigenvalue weighted by Gasteiger charge is 2.27. The molecule has 1 unspecified atom stereocenters. The van der Waals surface area contributed by atoms with Crippen LogP contribution in [0.3, 0.4) is 0 Å². The summed E-state index contributed by atoms with van der Waals surface area (Å²) in [5.74, 6) is 0. The third-order valence-electron chi connectivity index (χ3n) is 2.87. The summed E-state index contributed by atoms with van der Waals surface area (Å²) in [6.07, 6.45) is 3.26. The Kier molecular flexibility index (Phi) is 4.70. The van der Waals surface area contributed by atoms with Crippen LogP contribution in [-0.4, -0.2) is 40.1 Å². The van der Waals surface area contributed by atoms with Crippen molar-refractivity contribution in [1.82, 2.24) is 4.90 Å². The average molecular weight is 250 g/mol. The van der Waals surface area contributed by atoms with E-state index < -0.39 is 0 Å². The van der Waals surface area contributed by atoms with E-state index in [1.165, 1.54) is 12.8 Å². The lowest BCUT2D eigenvalue weighted by atomic mass is 10.0. The molecular formula is C10H20BrNO. The quantitative estimate of drug-likeness (QED) is 0.774. The van der Waals surface area contributed by atoms with E-state index in [-0.39, 0.29) is 10.9 Å². The number of piperidine rings is 1. The van der Waals surface area contributed by atoms with Crippen molar-refractivity contribution in [3.63, 3.8) is 0 Å². The van der Waals surface area contributed by atoms with Crippen LogP contribution in [0.1, 0.15) is 33.1 Å². The Balaban J connectivity index is 2.36. The molecule has 0 aromatic rings. The molecule has 1 saturated heterocycles. The zero-order valence-electron chi connectivity index (χ0n) is 8.54. The number of hydrogen-bond acceptors (Lipinski definition) is 2. The van der Waals surface area contributed by atoms with E-state index in [2.05, 4.69) is 34.7 Å². The van der Waals surface area contributed by atoms with E-state index >= 15 is 0 Å². The van der Waals surface area contributed by atoms with E-state index in [0.29, 0.717) is 6.04 Å². The van der Waals surface area contributed by atoms with Crippen LogP contribution in [0.15, 0.2) is 0 Å². The van der Waals surface area contributed by atoms with Gasteiger partial charge in [0, 0.05) is 19.1 Å². The molecule has 78 valence electrons. The second-order valence-electron chi connectivity index (χ2n) is 4.00. The number of halogens is 1. The second kappa shape index (κ2) is 5.32. The molecule has 0 aromatic heterocycles. The van der Waals surface area contributed by atoms with Crippen LogP contribution >= 0.6 is 15.9 Å². The molecule has 1 heterocycles. The van der Waals surface area contributed by atoms with Crippen molar-refractivity contribution in [3.05, 3.63) is 0 Å². The fourth-order valence-electron chi connectivity index (χ4n) is 1.92. The van der Waals surface area contributed by atoms with Crippen molar-refractivity contribution in [2.24, 2.45) is 0 Å². The topological polar surface area (TPSA) is 23.5 Å². The molecule has 2 nitrogen and oxygen atoms in total. The SMILES string of the molecule is CCCC(C)N1CC[C@H](O)[C@@H](Br)C1. The van der Waals surface area contributed by atoms with E-state index in [4.69, 9.17) is 0 Å². The molecule has 1 N–H and O–H groups in total. The maximum absolute atomic E-state index is 9.53. The molecule has 3 heteroatoms. The number of likely N-dealkylation sites (tertiary alicyclic amines) is 1. The van der Waals surface area contributed by atoms with Gasteiger partial charge in [-0.05, 0) is 19.8 Å². The highest BCUT2D eigenvalue weighted by atomic mass is 79.9. The minimum Gasteiger partial charge on any atom is -0.392 e. The van der Waals surface area contributed by atoms with Crippen LogP contribution in [0.4, 0.5) is 0 Å². The number of aliphatic hydroxyl groups is 1. The van der Waals surface area contributed by atoms with Gasteiger partial charge in [0.05, 0.1) is 10.9 Å². The first-order valence-corrected chi connectivity index (χ1v) is 6.13. The summed E-state index contributed by atoms with van der Waals surface area (Å²) in [6, 6.07) is 0.664. The van der Waals surface area contributed by atoms with Crippen molar-refractivity contribution in [1.29, 1.82) is 0 Å². The summed E-state index contributed by atoms with van der Waals surface area (Å²) in [6.45, 7) is 6.54. The minimum atomic E-state index is -0.148. The van der Waals surface area contributed by atoms with Crippen LogP contribution in [0.2, 0.25) is 0 Å². The maximum Gasteiger partial charge on any atom is 0.0689 e. The van der Waals surface area contributed by atoms with Gasteiger partial charge in [-0.2, -0.15) is 0 Å². The zero-order chi connectivity index (χ0) is 9.84. The first-order chi connectivity index (χ1) is 6.15. The second-order valence-corrected chi connectivity index (χ2v) is 5.18. The van der Waals surface area contributed by atoms with Gasteiger partial charge in [0.25, 0.3) is 0 Å². The molecule has 0 aliphatic carbocycles. The fraction of sp³-hybridized carbons (Fsp3) is 1.00. The highest BCUT2D eigenvalue weighted by Crippen LogP contribution is 2.20. The van der Waals surface area contributed by atoms with Crippen LogP contribution in [0.5, 0.6) is 0 Å². The number of hydrogen-bond donors (Lipinski definition) is 1. The Bertz CT molecular complexity index is 154. The van der Waals surface area contributed by atoms with E-state index in [1.807, 2.05) is 0 Å². The highest BCUT2D eigenvalue weighted by molar-refractivity contribution is 9.09. The monoisotopic (exact) mass is 249 g/mol. The van der Waals surface area contributed by atoms with Gasteiger partial charge in [-0.3, -0.25) is 4.90 Å². The van der Waals surface area contributed by atoms with E-state index in [9.17, 15) is 5.11 Å². The molecule has 0 amide bonds. The largest absolute Gasteiger partial charge is 0.392 e. The third-order valence-corrected chi connectivity index (χ3v) is 3.77. The lowest BCUT2D eigenvalue weighted by Gasteiger charge is -2.37. The van der Waals surface area contributed by atoms with Gasteiger partial charge < -0.3 is 5.11 Å². The Labute approximate surface area is 89.4 Å². The van der Waals surface area contributed by atoms with Gasteiger partial charge >= 0.3 is 0 Å². The lowest BCUT2D eigenvalue weighted by molar-refractivity contribution is 0.0706. The standard InChI is InChI=1S/C10H20BrNO/c1-3-4-8(2)12-6-5-10(13)9(11)7-12/h8-10,13H,3-7H2,1-2H3/t8?,9-,10-/m0/s1. The molecule has 1 rings (SSSR count). The van der Waals surface area contributed by atoms with Crippen molar-refractivity contribution in [2.75, 3.05) is 13.1 Å². The van der Waals surface area contributed by atoms with Crippen LogP contribution < -0.4 is 0 Å². The third kappa shape index (κ3) is 3.22. The zero-order valence-corrected chi connectivity index (χ0v) is 10.1. The molecule has 3 atom stereocenters. The predicted octanol–water partition coefficient (Wildman–Crippen LogP) is 2.01. The maximum atomic E-state index is 9.53. The summed E-state index contributed by atoms with van der Waals surface area (Å²) in [4.78, 5) is 2.73. The fourth-order valence-corrected chi connectivity index (χ4v) is 2.55. The Morgan fingerprint density at radius 1 is 1.62 bits per heavy atom. The number of rotatable bonds is 3. The van der Waals surface area contributed by atoms with Gasteiger partial charge in [-0.1, -0.05) is 29.3 Å². The van der Waals surface area contributed by atoms with Crippen LogP contribution in [0, 0.1) is 0 Å². The van der Waals surface area contributed by atoms with Gasteiger partial charge in [0.2, 0.25) is 0 Å². The van der Waals surface area contributed by atoms with E-state index in [0.717, 1.165) is 19.5 Å². The van der Waals surface area contributed by atoms with Gasteiger partial charge in [0.15, 0.2) is 0 Å². The van der Waals surface area contributed by atoms with Crippen molar-refractivity contribution in [2.45, 2.75) is 50.1 Å². The van der Waals surface area contributed by atoms with Crippen molar-refractivity contribution >= 4 is 15.9 Å². The smallest absolute Gasteiger partial charge is 0.0689 e. The molecule has 1 fully saturated rings. The number of aliphatic hydroxyl groups excluding tert-OH is 1. The number of alkyl halides is 1. The van der Waals surface area contributed by atoms with Crippen molar-refractivity contribution in [3.8, 4) is 0 Å². The Morgan fingerprint density at radius 3 is 2.85 bits per heavy atom. The molecule has 1 aliphatic heterocycles. The van der Waals surface area contributed by atoms with E-state index in [1.54, 1.807) is 0 Å². The Morgan fingerprint density at radius 2 is 2.31 bits per heavy atom. The average Bonchev–Trinajstić information content (AvgIpc) is 2.10. The molecule has 0 radical (unpaired) electrons. The number of nitrogens with zero attached hydrogens (tertiary/aromatic N) is 1. The van der Waals surface area contributed by atoms with Gasteiger partial charge in [-0.15, -0.1) is 0 Å². The summed E-state index contributed by atoms with van der Waals surface area (Å²) < 4.78 is 0. The molecule has 1 aliphatic rings. The van der Waals surface area contributed by atoms with Gasteiger partial charge in [0.1, 0.15) is 0 Å². The van der Waals surface area contributed by atoms with Gasteiger partial charge in [-0.25, -0.2) is 0 Å². The molecule has 0 spiro atoms. The summed E-state index contributed by atoms with van der Waals surface area (Å²) in [7, 11) is 0. The summed E-state index contributed by atoms with van der Waals surface area (Å²) in [5.41, 5.74) is 0. The Hall–Kier alpha value is 0.400. The normalized spacial score (nSPS) is 33.2. The van der Waals surface area contributed by atoms with Crippen molar-refractivity contribution < 1.29 is 5.11 Å². The first-order valence-electron chi connectivity index (χ1n) is 5.21. The molecule has 0 bridgehead atoms. The molecular weight excluding hydrogens is 230 g/mol. The molecule has 0 saturated carbocycles. The van der Waals surface area contributed by atoms with Crippen LogP contribution in [-0.2, 0) is 0 Å². The first kappa shape index (κ1) is 11.5. The predicted molar refractivity (Wildman–Crippen MR) is 59.3 cm³/mol. The minimum absolute atomic E-state index is 0.148. The molecule has 13 heavy (non-hydrogen) atoms. The summed E-state index contributed by atoms with van der Waals surface area (Å²) in [5, 5.41) is 9.53. The summed E-state index contributed by atoms with van der Waals surface area (Å²) >= 11 is 3.52. The molecule has 0 aromatic carbocycles. The lowest BCUT2D eigenvalue weighted by Crippen LogP contribution is -2.47. The van der Waals surface area contributed by atoms with Crippen LogP contribution in [0.25, 0.3) is 0 Å².